The number of aromatic nitrogens is 4. The van der Waals surface area contributed by atoms with Gasteiger partial charge in [-0.15, -0.1) is 0 Å². The molecule has 7 heteroatoms. The van der Waals surface area contributed by atoms with Crippen molar-refractivity contribution in [2.45, 2.75) is 26.2 Å². The fraction of sp³-hybridized carbons (Fsp3) is 0.182. The van der Waals surface area contributed by atoms with Crippen molar-refractivity contribution in [2.75, 3.05) is 5.43 Å². The predicted molar refractivity (Wildman–Crippen MR) is 112 cm³/mol. The standard InChI is InChI=1S/C22H21N7/c1-2-5-20-19(21(28-24)27-22-25-14-26-29(20)22)12-15-8-10-16(11-9-15)18-7-4-3-6-17(18)13-23/h3-4,6-11,14H,2,5,12,24H2,1H3,(H,25,26,27,28). The first-order valence-corrected chi connectivity index (χ1v) is 9.51. The third-order valence-corrected chi connectivity index (χ3v) is 4.95. The van der Waals surface area contributed by atoms with E-state index >= 15 is 0 Å². The molecular weight excluding hydrogens is 362 g/mol. The largest absolute Gasteiger partial charge is 0.308 e. The van der Waals surface area contributed by atoms with E-state index in [4.69, 9.17) is 5.84 Å². The fourth-order valence-corrected chi connectivity index (χ4v) is 3.57. The predicted octanol–water partition coefficient (Wildman–Crippen LogP) is 3.49. The highest BCUT2D eigenvalue weighted by Crippen LogP contribution is 2.26. The number of nitrogens with one attached hydrogen (secondary N) is 1. The lowest BCUT2D eigenvalue weighted by Crippen LogP contribution is -2.16. The first-order chi connectivity index (χ1) is 14.2. The van der Waals surface area contributed by atoms with Gasteiger partial charge in [-0.25, -0.2) is 10.4 Å². The smallest absolute Gasteiger partial charge is 0.254 e. The maximum absolute atomic E-state index is 9.35. The first-order valence-electron chi connectivity index (χ1n) is 9.51. The van der Waals surface area contributed by atoms with E-state index in [1.54, 1.807) is 4.52 Å². The van der Waals surface area contributed by atoms with Crippen LogP contribution in [0, 0.1) is 11.3 Å². The molecule has 0 aliphatic carbocycles. The molecule has 0 aliphatic heterocycles. The Bertz CT molecular complexity index is 1190. The van der Waals surface area contributed by atoms with Crippen LogP contribution >= 0.6 is 0 Å². The summed E-state index contributed by atoms with van der Waals surface area (Å²) in [5.74, 6) is 6.91. The van der Waals surface area contributed by atoms with Crippen LogP contribution in [-0.2, 0) is 12.8 Å². The second-order valence-corrected chi connectivity index (χ2v) is 6.78. The molecule has 2 aromatic carbocycles. The summed E-state index contributed by atoms with van der Waals surface area (Å²) >= 11 is 0. The average Bonchev–Trinajstić information content (AvgIpc) is 3.24. The van der Waals surface area contributed by atoms with Crippen LogP contribution in [-0.4, -0.2) is 19.6 Å². The van der Waals surface area contributed by atoms with E-state index in [2.05, 4.69) is 45.6 Å². The summed E-state index contributed by atoms with van der Waals surface area (Å²) < 4.78 is 1.79. The van der Waals surface area contributed by atoms with Crippen molar-refractivity contribution >= 4 is 11.6 Å². The zero-order valence-electron chi connectivity index (χ0n) is 16.1. The van der Waals surface area contributed by atoms with Crippen molar-refractivity contribution in [3.8, 4) is 17.2 Å². The zero-order chi connectivity index (χ0) is 20.2. The Balaban J connectivity index is 1.72. The van der Waals surface area contributed by atoms with Gasteiger partial charge in [0.1, 0.15) is 12.1 Å². The van der Waals surface area contributed by atoms with Crippen LogP contribution in [0.4, 0.5) is 5.82 Å². The van der Waals surface area contributed by atoms with Gasteiger partial charge in [0.05, 0.1) is 17.3 Å². The molecule has 4 rings (SSSR count). The monoisotopic (exact) mass is 383 g/mol. The molecule has 0 aliphatic rings. The lowest BCUT2D eigenvalue weighted by molar-refractivity contribution is 0.778. The van der Waals surface area contributed by atoms with Gasteiger partial charge in [0.2, 0.25) is 0 Å². The van der Waals surface area contributed by atoms with E-state index in [-0.39, 0.29) is 0 Å². The summed E-state index contributed by atoms with van der Waals surface area (Å²) in [5.41, 5.74) is 8.53. The number of anilines is 1. The maximum Gasteiger partial charge on any atom is 0.254 e. The lowest BCUT2D eigenvalue weighted by atomic mass is 9.96. The zero-order valence-corrected chi connectivity index (χ0v) is 16.1. The van der Waals surface area contributed by atoms with Gasteiger partial charge in [0, 0.05) is 12.0 Å². The Labute approximate surface area is 168 Å². The summed E-state index contributed by atoms with van der Waals surface area (Å²) in [4.78, 5) is 8.70. The molecule has 0 spiro atoms. The van der Waals surface area contributed by atoms with Crippen molar-refractivity contribution < 1.29 is 0 Å². The summed E-state index contributed by atoms with van der Waals surface area (Å²) in [6.45, 7) is 2.13. The molecule has 0 atom stereocenters. The van der Waals surface area contributed by atoms with Crippen LogP contribution in [0.5, 0.6) is 0 Å². The van der Waals surface area contributed by atoms with Gasteiger partial charge in [-0.1, -0.05) is 55.8 Å². The summed E-state index contributed by atoms with van der Waals surface area (Å²) in [5, 5.41) is 13.7. The number of benzene rings is 2. The van der Waals surface area contributed by atoms with Crippen LogP contribution in [0.1, 0.15) is 35.7 Å². The van der Waals surface area contributed by atoms with Crippen molar-refractivity contribution in [1.29, 1.82) is 5.26 Å². The van der Waals surface area contributed by atoms with Crippen LogP contribution in [0.3, 0.4) is 0 Å². The van der Waals surface area contributed by atoms with Crippen LogP contribution in [0.2, 0.25) is 0 Å². The Morgan fingerprint density at radius 1 is 1.14 bits per heavy atom. The Morgan fingerprint density at radius 2 is 1.93 bits per heavy atom. The molecule has 0 bridgehead atoms. The topological polar surface area (TPSA) is 105 Å². The van der Waals surface area contributed by atoms with E-state index < -0.39 is 0 Å². The minimum Gasteiger partial charge on any atom is -0.308 e. The van der Waals surface area contributed by atoms with Crippen molar-refractivity contribution in [2.24, 2.45) is 5.84 Å². The van der Waals surface area contributed by atoms with E-state index in [0.717, 1.165) is 40.8 Å². The molecule has 0 unspecified atom stereocenters. The van der Waals surface area contributed by atoms with Gasteiger partial charge < -0.3 is 5.43 Å². The second-order valence-electron chi connectivity index (χ2n) is 6.78. The molecule has 2 heterocycles. The molecule has 144 valence electrons. The number of nitrogens with zero attached hydrogens (tertiary/aromatic N) is 5. The number of hydrogen-bond donors (Lipinski definition) is 2. The third kappa shape index (κ3) is 3.53. The minimum absolute atomic E-state index is 0.536. The molecule has 0 amide bonds. The highest BCUT2D eigenvalue weighted by atomic mass is 15.3. The third-order valence-electron chi connectivity index (χ3n) is 4.95. The number of hydrazine groups is 1. The van der Waals surface area contributed by atoms with E-state index in [9.17, 15) is 5.26 Å². The Hall–Kier alpha value is -3.76. The summed E-state index contributed by atoms with van der Waals surface area (Å²) in [6, 6.07) is 18.1. The van der Waals surface area contributed by atoms with Crippen LogP contribution in [0.25, 0.3) is 16.9 Å². The number of hydrogen-bond acceptors (Lipinski definition) is 6. The van der Waals surface area contributed by atoms with Gasteiger partial charge in [-0.2, -0.15) is 20.3 Å². The fourth-order valence-electron chi connectivity index (χ4n) is 3.57. The molecular formula is C22H21N7. The highest BCUT2D eigenvalue weighted by molar-refractivity contribution is 5.70. The second kappa shape index (κ2) is 8.09. The number of nitrogen functional groups attached to an aromatic ring is 1. The minimum atomic E-state index is 0.536. The Morgan fingerprint density at radius 3 is 2.66 bits per heavy atom. The quantitative estimate of drug-likeness (QED) is 0.390. The molecule has 0 fully saturated rings. The van der Waals surface area contributed by atoms with E-state index in [1.807, 2.05) is 36.4 Å². The van der Waals surface area contributed by atoms with E-state index in [1.165, 1.54) is 6.33 Å². The highest BCUT2D eigenvalue weighted by Gasteiger charge is 2.16. The first kappa shape index (κ1) is 18.6. The van der Waals surface area contributed by atoms with Gasteiger partial charge >= 0.3 is 0 Å². The van der Waals surface area contributed by atoms with E-state index in [0.29, 0.717) is 23.6 Å². The van der Waals surface area contributed by atoms with Gasteiger partial charge in [-0.3, -0.25) is 0 Å². The molecule has 0 saturated carbocycles. The maximum atomic E-state index is 9.35. The van der Waals surface area contributed by atoms with Crippen LogP contribution < -0.4 is 11.3 Å². The molecule has 0 radical (unpaired) electrons. The Kier molecular flexibility index (Phi) is 5.18. The molecule has 2 aromatic heterocycles. The summed E-state index contributed by atoms with van der Waals surface area (Å²) in [6.07, 6.45) is 3.99. The lowest BCUT2D eigenvalue weighted by Gasteiger charge is -2.15. The molecule has 29 heavy (non-hydrogen) atoms. The van der Waals surface area contributed by atoms with Gasteiger partial charge in [-0.05, 0) is 29.2 Å². The molecule has 4 aromatic rings. The molecule has 7 nitrogen and oxygen atoms in total. The number of nitriles is 1. The van der Waals surface area contributed by atoms with Crippen molar-refractivity contribution in [3.05, 3.63) is 77.2 Å². The SMILES string of the molecule is CCCc1c(Cc2ccc(-c3ccccc3C#N)cc2)c(NN)nc2ncnn12. The van der Waals surface area contributed by atoms with Crippen molar-refractivity contribution in [1.82, 2.24) is 19.6 Å². The molecule has 3 N–H and O–H groups in total. The number of fused-ring (bicyclic) bond motifs is 1. The number of rotatable bonds is 6. The number of aryl methyl sites for hydroxylation is 1. The summed E-state index contributed by atoms with van der Waals surface area (Å²) in [7, 11) is 0. The molecule has 0 saturated heterocycles. The van der Waals surface area contributed by atoms with Crippen LogP contribution in [0.15, 0.2) is 54.9 Å². The number of nitrogens with two attached hydrogens (primary N) is 1. The normalized spacial score (nSPS) is 10.8. The van der Waals surface area contributed by atoms with Gasteiger partial charge in [0.25, 0.3) is 5.78 Å². The average molecular weight is 383 g/mol. The van der Waals surface area contributed by atoms with Gasteiger partial charge in [0.15, 0.2) is 0 Å². The van der Waals surface area contributed by atoms with Crippen molar-refractivity contribution in [3.63, 3.8) is 0 Å².